The molecule has 0 amide bonds. The first kappa shape index (κ1) is 9.13. The molecule has 2 heteroatoms. The molecule has 0 aromatic heterocycles. The number of rotatable bonds is 3. The Hall–Kier alpha value is -1.44. The average molecular weight is 190 g/mol. The van der Waals surface area contributed by atoms with E-state index in [0.29, 0.717) is 6.79 Å². The van der Waals surface area contributed by atoms with Crippen LogP contribution in [0.25, 0.3) is 0 Å². The number of allylic oxidation sites excluding steroid dienone is 2. The Labute approximate surface area is 84.2 Å². The first-order chi connectivity index (χ1) is 6.90. The lowest BCUT2D eigenvalue weighted by molar-refractivity contribution is 0.174. The minimum absolute atomic E-state index is 0.355. The molecule has 0 fully saturated rings. The third kappa shape index (κ3) is 1.90. The Kier molecular flexibility index (Phi) is 2.73. The normalized spacial score (nSPS) is 13.8. The summed E-state index contributed by atoms with van der Waals surface area (Å²) in [7, 11) is 0. The maximum absolute atomic E-state index is 5.31. The van der Waals surface area contributed by atoms with E-state index in [2.05, 4.69) is 24.3 Å². The van der Waals surface area contributed by atoms with Crippen molar-refractivity contribution in [2.24, 2.45) is 0 Å². The van der Waals surface area contributed by atoms with Crippen LogP contribution in [-0.4, -0.2) is 6.79 Å². The Balaban J connectivity index is 2.05. The molecule has 0 saturated heterocycles. The van der Waals surface area contributed by atoms with Crippen molar-refractivity contribution in [3.8, 4) is 11.5 Å². The molecule has 0 unspecified atom stereocenters. The monoisotopic (exact) mass is 190 g/mol. The van der Waals surface area contributed by atoms with Gasteiger partial charge in [0, 0.05) is 0 Å². The standard InChI is InChI=1S/C12H14O2/c1-2-3-4-5-10-6-7-11-12(8-10)14-9-13-11/h2-3,6-8H,4-5,9H2,1H3/b3-2-. The van der Waals surface area contributed by atoms with Crippen LogP contribution >= 0.6 is 0 Å². The fourth-order valence-corrected chi connectivity index (χ4v) is 1.51. The lowest BCUT2D eigenvalue weighted by Gasteiger charge is -2.00. The van der Waals surface area contributed by atoms with Gasteiger partial charge < -0.3 is 9.47 Å². The van der Waals surface area contributed by atoms with E-state index in [4.69, 9.17) is 9.47 Å². The van der Waals surface area contributed by atoms with Gasteiger partial charge in [0.1, 0.15) is 0 Å². The Morgan fingerprint density at radius 1 is 1.29 bits per heavy atom. The summed E-state index contributed by atoms with van der Waals surface area (Å²) in [6.45, 7) is 2.40. The van der Waals surface area contributed by atoms with Crippen molar-refractivity contribution >= 4 is 0 Å². The number of hydrogen-bond donors (Lipinski definition) is 0. The molecule has 0 aliphatic carbocycles. The van der Waals surface area contributed by atoms with E-state index in [0.717, 1.165) is 24.3 Å². The SMILES string of the molecule is C/C=C\CCc1ccc2c(c1)OCO2. The van der Waals surface area contributed by atoms with Crippen LogP contribution in [0.2, 0.25) is 0 Å². The van der Waals surface area contributed by atoms with Crippen molar-refractivity contribution in [1.29, 1.82) is 0 Å². The Morgan fingerprint density at radius 2 is 2.14 bits per heavy atom. The lowest BCUT2D eigenvalue weighted by atomic mass is 10.1. The Morgan fingerprint density at radius 3 is 3.00 bits per heavy atom. The minimum atomic E-state index is 0.355. The van der Waals surface area contributed by atoms with Gasteiger partial charge in [-0.25, -0.2) is 0 Å². The molecule has 74 valence electrons. The second-order valence-corrected chi connectivity index (χ2v) is 3.30. The maximum atomic E-state index is 5.31. The molecule has 1 aromatic carbocycles. The van der Waals surface area contributed by atoms with Gasteiger partial charge in [0.25, 0.3) is 0 Å². The molecule has 1 aliphatic rings. The van der Waals surface area contributed by atoms with Crippen molar-refractivity contribution in [2.45, 2.75) is 19.8 Å². The number of fused-ring (bicyclic) bond motifs is 1. The van der Waals surface area contributed by atoms with Crippen molar-refractivity contribution in [3.63, 3.8) is 0 Å². The van der Waals surface area contributed by atoms with Crippen molar-refractivity contribution in [3.05, 3.63) is 35.9 Å². The lowest BCUT2D eigenvalue weighted by Crippen LogP contribution is -1.92. The summed E-state index contributed by atoms with van der Waals surface area (Å²) in [6.07, 6.45) is 6.38. The fraction of sp³-hybridized carbons (Fsp3) is 0.333. The quantitative estimate of drug-likeness (QED) is 0.682. The minimum Gasteiger partial charge on any atom is -0.454 e. The maximum Gasteiger partial charge on any atom is 0.231 e. The summed E-state index contributed by atoms with van der Waals surface area (Å²) >= 11 is 0. The third-order valence-electron chi connectivity index (χ3n) is 2.27. The highest BCUT2D eigenvalue weighted by Gasteiger charge is 2.12. The fourth-order valence-electron chi connectivity index (χ4n) is 1.51. The van der Waals surface area contributed by atoms with Crippen LogP contribution in [0.1, 0.15) is 18.9 Å². The zero-order valence-electron chi connectivity index (χ0n) is 8.32. The van der Waals surface area contributed by atoms with Gasteiger partial charge in [-0.3, -0.25) is 0 Å². The average Bonchev–Trinajstić information content (AvgIpc) is 2.65. The Bertz CT molecular complexity index is 342. The van der Waals surface area contributed by atoms with Crippen LogP contribution in [0.4, 0.5) is 0 Å². The highest BCUT2D eigenvalue weighted by atomic mass is 16.7. The molecule has 1 aliphatic heterocycles. The molecule has 1 heterocycles. The van der Waals surface area contributed by atoms with E-state index >= 15 is 0 Å². The topological polar surface area (TPSA) is 18.5 Å². The summed E-state index contributed by atoms with van der Waals surface area (Å²) in [4.78, 5) is 0. The van der Waals surface area contributed by atoms with Gasteiger partial charge in [0.05, 0.1) is 0 Å². The first-order valence-corrected chi connectivity index (χ1v) is 4.90. The van der Waals surface area contributed by atoms with Crippen LogP contribution < -0.4 is 9.47 Å². The summed E-state index contributed by atoms with van der Waals surface area (Å²) in [5.41, 5.74) is 1.30. The van der Waals surface area contributed by atoms with Gasteiger partial charge in [0.2, 0.25) is 6.79 Å². The molecular weight excluding hydrogens is 176 g/mol. The predicted molar refractivity (Wildman–Crippen MR) is 55.7 cm³/mol. The molecule has 14 heavy (non-hydrogen) atoms. The van der Waals surface area contributed by atoms with E-state index in [9.17, 15) is 0 Å². The molecule has 0 bridgehead atoms. The van der Waals surface area contributed by atoms with Gasteiger partial charge >= 0.3 is 0 Å². The van der Waals surface area contributed by atoms with Gasteiger partial charge in [-0.15, -0.1) is 0 Å². The zero-order valence-corrected chi connectivity index (χ0v) is 8.32. The molecule has 0 atom stereocenters. The predicted octanol–water partition coefficient (Wildman–Crippen LogP) is 2.92. The summed E-state index contributed by atoms with van der Waals surface area (Å²) in [5, 5.41) is 0. The van der Waals surface area contributed by atoms with Crippen molar-refractivity contribution in [2.75, 3.05) is 6.79 Å². The van der Waals surface area contributed by atoms with Crippen LogP contribution in [0.5, 0.6) is 11.5 Å². The highest BCUT2D eigenvalue weighted by molar-refractivity contribution is 5.44. The molecule has 0 N–H and O–H groups in total. The van der Waals surface area contributed by atoms with Gasteiger partial charge in [0.15, 0.2) is 11.5 Å². The second kappa shape index (κ2) is 4.18. The smallest absolute Gasteiger partial charge is 0.231 e. The van der Waals surface area contributed by atoms with Crippen molar-refractivity contribution < 1.29 is 9.47 Å². The van der Waals surface area contributed by atoms with Crippen molar-refractivity contribution in [1.82, 2.24) is 0 Å². The highest BCUT2D eigenvalue weighted by Crippen LogP contribution is 2.32. The molecule has 2 nitrogen and oxygen atoms in total. The van der Waals surface area contributed by atoms with Gasteiger partial charge in [-0.2, -0.15) is 0 Å². The first-order valence-electron chi connectivity index (χ1n) is 4.90. The number of aryl methyl sites for hydroxylation is 1. The molecular formula is C12H14O2. The largest absolute Gasteiger partial charge is 0.454 e. The van der Waals surface area contributed by atoms with Crippen LogP contribution in [0.15, 0.2) is 30.4 Å². The van der Waals surface area contributed by atoms with E-state index in [1.54, 1.807) is 0 Å². The zero-order chi connectivity index (χ0) is 9.80. The number of benzene rings is 1. The van der Waals surface area contributed by atoms with Crippen LogP contribution in [0, 0.1) is 0 Å². The van der Waals surface area contributed by atoms with Gasteiger partial charge in [-0.1, -0.05) is 18.2 Å². The molecule has 0 spiro atoms. The third-order valence-corrected chi connectivity index (χ3v) is 2.27. The van der Waals surface area contributed by atoms with E-state index in [1.807, 2.05) is 13.0 Å². The summed E-state index contributed by atoms with van der Waals surface area (Å²) in [6, 6.07) is 6.14. The van der Waals surface area contributed by atoms with E-state index < -0.39 is 0 Å². The van der Waals surface area contributed by atoms with E-state index in [-0.39, 0.29) is 0 Å². The molecule has 2 rings (SSSR count). The summed E-state index contributed by atoms with van der Waals surface area (Å²) in [5.74, 6) is 1.74. The number of ether oxygens (including phenoxy) is 2. The van der Waals surface area contributed by atoms with Crippen LogP contribution in [-0.2, 0) is 6.42 Å². The number of hydrogen-bond acceptors (Lipinski definition) is 2. The summed E-state index contributed by atoms with van der Waals surface area (Å²) < 4.78 is 10.5. The van der Waals surface area contributed by atoms with E-state index in [1.165, 1.54) is 5.56 Å². The molecule has 0 radical (unpaired) electrons. The van der Waals surface area contributed by atoms with Gasteiger partial charge in [-0.05, 0) is 37.5 Å². The second-order valence-electron chi connectivity index (χ2n) is 3.30. The molecule has 0 saturated carbocycles. The molecule has 1 aromatic rings. The van der Waals surface area contributed by atoms with Crippen LogP contribution in [0.3, 0.4) is 0 Å².